The minimum atomic E-state index is -0.427. The van der Waals surface area contributed by atoms with Gasteiger partial charge in [-0.05, 0) is 11.5 Å². The largest absolute Gasteiger partial charge is 0.270 e. The van der Waals surface area contributed by atoms with Crippen LogP contribution in [0, 0.1) is 10.1 Å². The first-order chi connectivity index (χ1) is 12.7. The van der Waals surface area contributed by atoms with Crippen molar-refractivity contribution in [2.75, 3.05) is 5.43 Å². The van der Waals surface area contributed by atoms with Crippen molar-refractivity contribution in [3.05, 3.63) is 88.5 Å². The normalized spacial score (nSPS) is 11.2. The van der Waals surface area contributed by atoms with E-state index in [0.717, 1.165) is 21.7 Å². The standard InChI is InChI=1S/C20H14N4O2/c25-24(26)15-7-5-6-14(12-15)13-21-23-20-18-10-2-1-8-16(18)17-9-3-4-11-19(17)22-20/h1-13H,(H,22,23). The highest BCUT2D eigenvalue weighted by Gasteiger charge is 2.07. The highest BCUT2D eigenvalue weighted by Crippen LogP contribution is 2.28. The number of benzene rings is 3. The third kappa shape index (κ3) is 2.95. The molecule has 126 valence electrons. The molecule has 0 fully saturated rings. The fraction of sp³-hybridized carbons (Fsp3) is 0. The minimum Gasteiger partial charge on any atom is -0.261 e. The molecule has 0 amide bonds. The monoisotopic (exact) mass is 342 g/mol. The number of hydrogen-bond donors (Lipinski definition) is 1. The van der Waals surface area contributed by atoms with Gasteiger partial charge in [-0.25, -0.2) is 4.98 Å². The van der Waals surface area contributed by atoms with Crippen LogP contribution in [0.1, 0.15) is 5.56 Å². The van der Waals surface area contributed by atoms with Crippen molar-refractivity contribution in [3.63, 3.8) is 0 Å². The number of pyridine rings is 1. The molecule has 4 aromatic rings. The predicted molar refractivity (Wildman–Crippen MR) is 104 cm³/mol. The second kappa shape index (κ2) is 6.60. The Morgan fingerprint density at radius 3 is 2.46 bits per heavy atom. The fourth-order valence-electron chi connectivity index (χ4n) is 2.88. The van der Waals surface area contributed by atoms with E-state index in [1.165, 1.54) is 12.1 Å². The van der Waals surface area contributed by atoms with Crippen molar-refractivity contribution in [2.24, 2.45) is 5.10 Å². The fourth-order valence-corrected chi connectivity index (χ4v) is 2.88. The lowest BCUT2D eigenvalue weighted by Crippen LogP contribution is -1.96. The molecule has 0 saturated carbocycles. The van der Waals surface area contributed by atoms with E-state index in [2.05, 4.69) is 21.6 Å². The van der Waals surface area contributed by atoms with Crippen LogP contribution in [0.2, 0.25) is 0 Å². The van der Waals surface area contributed by atoms with Crippen LogP contribution < -0.4 is 5.43 Å². The molecular weight excluding hydrogens is 328 g/mol. The number of nitrogens with one attached hydrogen (secondary N) is 1. The summed E-state index contributed by atoms with van der Waals surface area (Å²) in [7, 11) is 0. The number of fused-ring (bicyclic) bond motifs is 3. The Hall–Kier alpha value is -3.80. The molecule has 0 unspecified atom stereocenters. The van der Waals surface area contributed by atoms with Crippen molar-refractivity contribution in [3.8, 4) is 0 Å². The Kier molecular flexibility index (Phi) is 3.99. The quantitative estimate of drug-likeness (QED) is 0.251. The third-order valence-electron chi connectivity index (χ3n) is 4.07. The molecule has 0 saturated heterocycles. The maximum absolute atomic E-state index is 10.9. The van der Waals surface area contributed by atoms with Crippen molar-refractivity contribution in [1.29, 1.82) is 0 Å². The molecule has 0 aliphatic heterocycles. The Morgan fingerprint density at radius 1 is 0.923 bits per heavy atom. The lowest BCUT2D eigenvalue weighted by Gasteiger charge is -2.08. The van der Waals surface area contributed by atoms with Gasteiger partial charge in [0.1, 0.15) is 0 Å². The number of nitro groups is 1. The van der Waals surface area contributed by atoms with Gasteiger partial charge in [-0.3, -0.25) is 15.5 Å². The SMILES string of the molecule is O=[N+]([O-])c1cccc(C=NNc2nc3ccccc3c3ccccc23)c1. The van der Waals surface area contributed by atoms with Crippen LogP contribution in [0.4, 0.5) is 11.5 Å². The minimum absolute atomic E-state index is 0.0308. The average molecular weight is 342 g/mol. The van der Waals surface area contributed by atoms with Crippen LogP contribution in [0.5, 0.6) is 0 Å². The van der Waals surface area contributed by atoms with E-state index in [4.69, 9.17) is 0 Å². The molecule has 1 heterocycles. The number of non-ortho nitro benzene ring substituents is 1. The van der Waals surface area contributed by atoms with E-state index in [0.29, 0.717) is 11.4 Å². The topological polar surface area (TPSA) is 80.4 Å². The number of hydrogen-bond acceptors (Lipinski definition) is 5. The summed E-state index contributed by atoms with van der Waals surface area (Å²) in [6.45, 7) is 0. The summed E-state index contributed by atoms with van der Waals surface area (Å²) >= 11 is 0. The summed E-state index contributed by atoms with van der Waals surface area (Å²) in [5.74, 6) is 0.640. The predicted octanol–water partition coefficient (Wildman–Crippen LogP) is 4.74. The van der Waals surface area contributed by atoms with Crippen LogP contribution in [0.15, 0.2) is 77.9 Å². The molecule has 6 nitrogen and oxygen atoms in total. The first-order valence-corrected chi connectivity index (χ1v) is 8.03. The molecule has 1 aromatic heterocycles. The summed E-state index contributed by atoms with van der Waals surface area (Å²) in [4.78, 5) is 15.1. The van der Waals surface area contributed by atoms with Gasteiger partial charge >= 0.3 is 0 Å². The molecule has 0 bridgehead atoms. The number of rotatable bonds is 4. The van der Waals surface area contributed by atoms with Gasteiger partial charge in [0.05, 0.1) is 16.7 Å². The van der Waals surface area contributed by atoms with Gasteiger partial charge in [-0.1, -0.05) is 54.6 Å². The Bertz CT molecular complexity index is 1150. The van der Waals surface area contributed by atoms with Crippen LogP contribution in [0.3, 0.4) is 0 Å². The van der Waals surface area contributed by atoms with Crippen molar-refractivity contribution in [1.82, 2.24) is 4.98 Å². The zero-order chi connectivity index (χ0) is 17.9. The molecule has 0 atom stereocenters. The summed E-state index contributed by atoms with van der Waals surface area (Å²) in [6.07, 6.45) is 1.54. The molecule has 0 aliphatic rings. The first-order valence-electron chi connectivity index (χ1n) is 8.03. The van der Waals surface area contributed by atoms with E-state index in [1.807, 2.05) is 42.5 Å². The number of hydrazone groups is 1. The summed E-state index contributed by atoms with van der Waals surface area (Å²) < 4.78 is 0. The summed E-state index contributed by atoms with van der Waals surface area (Å²) in [5, 5.41) is 18.2. The van der Waals surface area contributed by atoms with Crippen molar-refractivity contribution >= 4 is 39.4 Å². The molecule has 3 aromatic carbocycles. The van der Waals surface area contributed by atoms with Gasteiger partial charge in [-0.15, -0.1) is 0 Å². The third-order valence-corrected chi connectivity index (χ3v) is 4.07. The number of nitrogens with zero attached hydrogens (tertiary/aromatic N) is 3. The van der Waals surface area contributed by atoms with E-state index < -0.39 is 4.92 Å². The van der Waals surface area contributed by atoms with Gasteiger partial charge in [0.15, 0.2) is 5.82 Å². The highest BCUT2D eigenvalue weighted by molar-refractivity contribution is 6.10. The molecule has 4 rings (SSSR count). The Labute approximate surface area is 149 Å². The molecule has 26 heavy (non-hydrogen) atoms. The Balaban J connectivity index is 1.70. The molecule has 1 N–H and O–H groups in total. The van der Waals surface area contributed by atoms with E-state index in [9.17, 15) is 10.1 Å². The number of anilines is 1. The van der Waals surface area contributed by atoms with Crippen LogP contribution >= 0.6 is 0 Å². The van der Waals surface area contributed by atoms with E-state index >= 15 is 0 Å². The van der Waals surface area contributed by atoms with E-state index in [-0.39, 0.29) is 5.69 Å². The van der Waals surface area contributed by atoms with Gasteiger partial charge < -0.3 is 0 Å². The molecule has 6 heteroatoms. The van der Waals surface area contributed by atoms with E-state index in [1.54, 1.807) is 18.3 Å². The lowest BCUT2D eigenvalue weighted by molar-refractivity contribution is -0.384. The maximum Gasteiger partial charge on any atom is 0.270 e. The van der Waals surface area contributed by atoms with Crippen molar-refractivity contribution in [2.45, 2.75) is 0 Å². The zero-order valence-corrected chi connectivity index (χ0v) is 13.7. The molecule has 0 aliphatic carbocycles. The van der Waals surface area contributed by atoms with Crippen molar-refractivity contribution < 1.29 is 4.92 Å². The number of nitro benzene ring substituents is 1. The first kappa shape index (κ1) is 15.7. The Morgan fingerprint density at radius 2 is 1.65 bits per heavy atom. The lowest BCUT2D eigenvalue weighted by atomic mass is 10.1. The number of aromatic nitrogens is 1. The summed E-state index contributed by atoms with van der Waals surface area (Å²) in [5.41, 5.74) is 4.51. The average Bonchev–Trinajstić information content (AvgIpc) is 2.68. The zero-order valence-electron chi connectivity index (χ0n) is 13.7. The van der Waals surface area contributed by atoms with Crippen LogP contribution in [0.25, 0.3) is 21.7 Å². The van der Waals surface area contributed by atoms with Gasteiger partial charge in [0.2, 0.25) is 0 Å². The van der Waals surface area contributed by atoms with Crippen LogP contribution in [-0.2, 0) is 0 Å². The van der Waals surface area contributed by atoms with Crippen LogP contribution in [-0.4, -0.2) is 16.1 Å². The summed E-state index contributed by atoms with van der Waals surface area (Å²) in [6, 6.07) is 22.2. The second-order valence-corrected chi connectivity index (χ2v) is 5.75. The highest BCUT2D eigenvalue weighted by atomic mass is 16.6. The smallest absolute Gasteiger partial charge is 0.261 e. The number of para-hydroxylation sites is 1. The van der Waals surface area contributed by atoms with Gasteiger partial charge in [-0.2, -0.15) is 5.10 Å². The molecule has 0 spiro atoms. The maximum atomic E-state index is 10.9. The van der Waals surface area contributed by atoms with Gasteiger partial charge in [0, 0.05) is 28.5 Å². The molecular formula is C20H14N4O2. The van der Waals surface area contributed by atoms with Gasteiger partial charge in [0.25, 0.3) is 5.69 Å². The second-order valence-electron chi connectivity index (χ2n) is 5.75. The molecule has 0 radical (unpaired) electrons.